The lowest BCUT2D eigenvalue weighted by Crippen LogP contribution is -2.37. The van der Waals surface area contributed by atoms with Crippen molar-refractivity contribution in [3.05, 3.63) is 59.7 Å². The maximum Gasteiger partial charge on any atom is 0.231 e. The van der Waals surface area contributed by atoms with Crippen molar-refractivity contribution in [2.24, 2.45) is 0 Å². The molecular formula is C20H24N2O3. The Kier molecular flexibility index (Phi) is 4.88. The molecule has 0 aliphatic carbocycles. The molecule has 2 heterocycles. The molecule has 2 aliphatic rings. The van der Waals surface area contributed by atoms with Gasteiger partial charge in [0.25, 0.3) is 0 Å². The monoisotopic (exact) mass is 340 g/mol. The molecule has 1 saturated heterocycles. The third-order valence-electron chi connectivity index (χ3n) is 4.91. The molecule has 2 aromatic rings. The van der Waals surface area contributed by atoms with Crippen LogP contribution in [0.1, 0.15) is 17.5 Å². The Morgan fingerprint density at radius 3 is 2.84 bits per heavy atom. The lowest BCUT2D eigenvalue weighted by atomic mass is 10.1. The van der Waals surface area contributed by atoms with Crippen molar-refractivity contribution < 1.29 is 14.6 Å². The molecule has 0 radical (unpaired) electrons. The van der Waals surface area contributed by atoms with Crippen molar-refractivity contribution in [2.45, 2.75) is 31.7 Å². The Morgan fingerprint density at radius 2 is 1.96 bits per heavy atom. The summed E-state index contributed by atoms with van der Waals surface area (Å²) in [5, 5.41) is 13.6. The van der Waals surface area contributed by atoms with Gasteiger partial charge in [-0.2, -0.15) is 0 Å². The molecular weight excluding hydrogens is 316 g/mol. The third-order valence-corrected chi connectivity index (χ3v) is 4.91. The summed E-state index contributed by atoms with van der Waals surface area (Å²) >= 11 is 0. The Hall–Kier alpha value is -2.08. The molecule has 132 valence electrons. The Labute approximate surface area is 148 Å². The highest BCUT2D eigenvalue weighted by atomic mass is 16.7. The minimum Gasteiger partial charge on any atom is -0.454 e. The van der Waals surface area contributed by atoms with Crippen LogP contribution in [0.15, 0.2) is 48.5 Å². The van der Waals surface area contributed by atoms with Gasteiger partial charge in [-0.3, -0.25) is 4.90 Å². The highest BCUT2D eigenvalue weighted by molar-refractivity contribution is 5.48. The second-order valence-electron chi connectivity index (χ2n) is 6.74. The van der Waals surface area contributed by atoms with Gasteiger partial charge in [0.1, 0.15) is 0 Å². The number of nitrogens with one attached hydrogen (secondary N) is 1. The van der Waals surface area contributed by atoms with Crippen molar-refractivity contribution in [1.29, 1.82) is 0 Å². The second-order valence-corrected chi connectivity index (χ2v) is 6.74. The van der Waals surface area contributed by atoms with Gasteiger partial charge in [0.15, 0.2) is 11.5 Å². The molecule has 0 saturated carbocycles. The summed E-state index contributed by atoms with van der Waals surface area (Å²) in [4.78, 5) is 2.36. The van der Waals surface area contributed by atoms with E-state index in [4.69, 9.17) is 9.47 Å². The molecule has 4 rings (SSSR count). The van der Waals surface area contributed by atoms with Crippen LogP contribution in [0.2, 0.25) is 0 Å². The van der Waals surface area contributed by atoms with E-state index in [1.165, 1.54) is 5.56 Å². The Bertz CT molecular complexity index is 707. The first-order valence-electron chi connectivity index (χ1n) is 8.84. The van der Waals surface area contributed by atoms with Gasteiger partial charge >= 0.3 is 0 Å². The SMILES string of the molecule is OC1CC(CNCc2cccc3c2OCO3)N(Cc2ccccc2)C1. The summed E-state index contributed by atoms with van der Waals surface area (Å²) in [6.07, 6.45) is 0.569. The summed E-state index contributed by atoms with van der Waals surface area (Å²) in [6.45, 7) is 3.49. The molecule has 25 heavy (non-hydrogen) atoms. The first-order valence-corrected chi connectivity index (χ1v) is 8.84. The summed E-state index contributed by atoms with van der Waals surface area (Å²) in [6, 6.07) is 16.8. The lowest BCUT2D eigenvalue weighted by Gasteiger charge is -2.24. The van der Waals surface area contributed by atoms with Crippen LogP contribution in [0.4, 0.5) is 0 Å². The minimum atomic E-state index is -0.242. The molecule has 0 amide bonds. The summed E-state index contributed by atoms with van der Waals surface area (Å²) in [7, 11) is 0. The normalized spacial score (nSPS) is 22.4. The van der Waals surface area contributed by atoms with Crippen LogP contribution in [0.5, 0.6) is 11.5 Å². The van der Waals surface area contributed by atoms with Gasteiger partial charge in [0.05, 0.1) is 6.10 Å². The summed E-state index contributed by atoms with van der Waals surface area (Å²) < 4.78 is 11.0. The maximum absolute atomic E-state index is 10.1. The van der Waals surface area contributed by atoms with E-state index in [1.54, 1.807) is 0 Å². The van der Waals surface area contributed by atoms with E-state index in [9.17, 15) is 5.11 Å². The van der Waals surface area contributed by atoms with E-state index in [0.717, 1.165) is 49.7 Å². The number of rotatable bonds is 6. The predicted molar refractivity (Wildman–Crippen MR) is 95.5 cm³/mol. The number of nitrogens with zero attached hydrogens (tertiary/aromatic N) is 1. The summed E-state index contributed by atoms with van der Waals surface area (Å²) in [5.74, 6) is 1.67. The van der Waals surface area contributed by atoms with Gasteiger partial charge in [-0.25, -0.2) is 0 Å². The van der Waals surface area contributed by atoms with Crippen molar-refractivity contribution in [2.75, 3.05) is 19.9 Å². The largest absolute Gasteiger partial charge is 0.454 e. The highest BCUT2D eigenvalue weighted by Gasteiger charge is 2.30. The van der Waals surface area contributed by atoms with Crippen molar-refractivity contribution >= 4 is 0 Å². The van der Waals surface area contributed by atoms with Gasteiger partial charge in [-0.15, -0.1) is 0 Å². The molecule has 0 spiro atoms. The lowest BCUT2D eigenvalue weighted by molar-refractivity contribution is 0.172. The van der Waals surface area contributed by atoms with E-state index >= 15 is 0 Å². The molecule has 2 unspecified atom stereocenters. The zero-order valence-electron chi connectivity index (χ0n) is 14.2. The molecule has 2 aliphatic heterocycles. The number of likely N-dealkylation sites (tertiary alicyclic amines) is 1. The number of ether oxygens (including phenoxy) is 2. The number of hydrogen-bond acceptors (Lipinski definition) is 5. The molecule has 0 bridgehead atoms. The van der Waals surface area contributed by atoms with Crippen LogP contribution in [0, 0.1) is 0 Å². The molecule has 5 nitrogen and oxygen atoms in total. The second kappa shape index (κ2) is 7.44. The van der Waals surface area contributed by atoms with Gasteiger partial charge in [-0.05, 0) is 18.1 Å². The molecule has 2 aromatic carbocycles. The number of β-amino-alcohol motifs (C(OH)–C–C–N with tert-alkyl or cyclic N) is 1. The average molecular weight is 340 g/mol. The van der Waals surface area contributed by atoms with Crippen molar-refractivity contribution in [1.82, 2.24) is 10.2 Å². The quantitative estimate of drug-likeness (QED) is 0.844. The predicted octanol–water partition coefficient (Wildman–Crippen LogP) is 2.14. The average Bonchev–Trinajstić information content (AvgIpc) is 3.23. The summed E-state index contributed by atoms with van der Waals surface area (Å²) in [5.41, 5.74) is 2.40. The highest BCUT2D eigenvalue weighted by Crippen LogP contribution is 2.35. The Morgan fingerprint density at radius 1 is 1.08 bits per heavy atom. The molecule has 5 heteroatoms. The van der Waals surface area contributed by atoms with Crippen LogP contribution >= 0.6 is 0 Å². The fourth-order valence-electron chi connectivity index (χ4n) is 3.68. The number of aliphatic hydroxyl groups is 1. The van der Waals surface area contributed by atoms with Gasteiger partial charge in [-0.1, -0.05) is 42.5 Å². The van der Waals surface area contributed by atoms with Crippen LogP contribution in [-0.2, 0) is 13.1 Å². The number of fused-ring (bicyclic) bond motifs is 1. The van der Waals surface area contributed by atoms with E-state index in [2.05, 4.69) is 40.5 Å². The van der Waals surface area contributed by atoms with E-state index in [0.29, 0.717) is 12.8 Å². The Balaban J connectivity index is 1.34. The van der Waals surface area contributed by atoms with Gasteiger partial charge < -0.3 is 19.9 Å². The fourth-order valence-corrected chi connectivity index (χ4v) is 3.68. The smallest absolute Gasteiger partial charge is 0.231 e. The number of benzene rings is 2. The number of para-hydroxylation sites is 1. The van der Waals surface area contributed by atoms with E-state index in [1.807, 2.05) is 18.2 Å². The van der Waals surface area contributed by atoms with Gasteiger partial charge in [0, 0.05) is 37.8 Å². The van der Waals surface area contributed by atoms with E-state index in [-0.39, 0.29) is 6.10 Å². The number of aliphatic hydroxyl groups excluding tert-OH is 1. The zero-order chi connectivity index (χ0) is 17.1. The first-order chi connectivity index (χ1) is 12.3. The molecule has 0 aromatic heterocycles. The first kappa shape index (κ1) is 16.4. The van der Waals surface area contributed by atoms with Crippen LogP contribution < -0.4 is 14.8 Å². The van der Waals surface area contributed by atoms with Crippen molar-refractivity contribution in [3.8, 4) is 11.5 Å². The molecule has 2 N–H and O–H groups in total. The third kappa shape index (κ3) is 3.79. The fraction of sp³-hybridized carbons (Fsp3) is 0.400. The molecule has 1 fully saturated rings. The van der Waals surface area contributed by atoms with Crippen LogP contribution in [0.25, 0.3) is 0 Å². The van der Waals surface area contributed by atoms with E-state index < -0.39 is 0 Å². The van der Waals surface area contributed by atoms with Crippen molar-refractivity contribution in [3.63, 3.8) is 0 Å². The minimum absolute atomic E-state index is 0.242. The van der Waals surface area contributed by atoms with Gasteiger partial charge in [0.2, 0.25) is 6.79 Å². The standard InChI is InChI=1S/C20H24N2O3/c23-18-9-17(22(13-18)12-15-5-2-1-3-6-15)11-21-10-16-7-4-8-19-20(16)25-14-24-19/h1-8,17-18,21,23H,9-14H2. The zero-order valence-corrected chi connectivity index (χ0v) is 14.2. The maximum atomic E-state index is 10.1. The van der Waals surface area contributed by atoms with Crippen LogP contribution in [-0.4, -0.2) is 42.0 Å². The topological polar surface area (TPSA) is 54.0 Å². The number of hydrogen-bond donors (Lipinski definition) is 2. The molecule has 2 atom stereocenters. The van der Waals surface area contributed by atoms with Crippen LogP contribution in [0.3, 0.4) is 0 Å².